The highest BCUT2D eigenvalue weighted by atomic mass is 16.5. The number of aryl methyl sites for hydroxylation is 1. The first-order chi connectivity index (χ1) is 28.6. The fraction of sp³-hybridized carbons (Fsp3) is 0.381. The summed E-state index contributed by atoms with van der Waals surface area (Å²) < 4.78 is 21.5. The number of ether oxygens (including phenoxy) is 3. The van der Waals surface area contributed by atoms with Crippen LogP contribution in [0, 0.1) is 0 Å². The third kappa shape index (κ3) is 7.09. The number of fused-ring (bicyclic) bond motifs is 2. The zero-order chi connectivity index (χ0) is 40.9. The molecule has 17 nitrogen and oxygen atoms in total. The number of carbonyl (C=O) groups is 4. The maximum atomic E-state index is 13.2. The fourth-order valence-electron chi connectivity index (χ4n) is 8.64. The lowest BCUT2D eigenvalue weighted by Crippen LogP contribution is -2.54. The van der Waals surface area contributed by atoms with Crippen molar-refractivity contribution in [1.29, 1.82) is 0 Å². The Morgan fingerprint density at radius 3 is 2.29 bits per heavy atom. The number of methoxy groups -OCH3 is 2. The van der Waals surface area contributed by atoms with E-state index in [1.54, 1.807) is 56.4 Å². The molecule has 0 spiro atoms. The topological polar surface area (TPSA) is 183 Å². The first-order valence-electron chi connectivity index (χ1n) is 19.6. The molecule has 1 atom stereocenters. The molecule has 3 fully saturated rings. The highest BCUT2D eigenvalue weighted by molar-refractivity contribution is 6.23. The highest BCUT2D eigenvalue weighted by Crippen LogP contribution is 2.39. The molecular weight excluding hydrogens is 759 g/mol. The van der Waals surface area contributed by atoms with E-state index in [0.29, 0.717) is 48.8 Å². The Morgan fingerprint density at radius 2 is 1.56 bits per heavy atom. The molecule has 59 heavy (non-hydrogen) atoms. The molecule has 0 saturated carbocycles. The summed E-state index contributed by atoms with van der Waals surface area (Å²) in [5.74, 6) is -0.259. The van der Waals surface area contributed by atoms with Crippen molar-refractivity contribution >= 4 is 34.4 Å². The molecule has 5 aromatic rings. The lowest BCUT2D eigenvalue weighted by Gasteiger charge is -2.38. The van der Waals surface area contributed by atoms with Crippen LogP contribution in [0.5, 0.6) is 17.2 Å². The molecule has 9 rings (SSSR count). The molecule has 3 saturated heterocycles. The van der Waals surface area contributed by atoms with Gasteiger partial charge in [0, 0.05) is 76.9 Å². The summed E-state index contributed by atoms with van der Waals surface area (Å²) in [7, 11) is 5.06. The number of hydrogen-bond acceptors (Lipinski definition) is 13. The normalized spacial score (nSPS) is 19.2. The largest absolute Gasteiger partial charge is 0.496 e. The van der Waals surface area contributed by atoms with Gasteiger partial charge < -0.3 is 18.8 Å². The second-order valence-electron chi connectivity index (χ2n) is 15.5. The molecule has 2 aromatic carbocycles. The van der Waals surface area contributed by atoms with Crippen LogP contribution < -0.4 is 25.1 Å². The van der Waals surface area contributed by atoms with Gasteiger partial charge in [0.05, 0.1) is 54.2 Å². The van der Waals surface area contributed by atoms with Gasteiger partial charge in [-0.2, -0.15) is 0 Å². The minimum atomic E-state index is -1.01. The zero-order valence-corrected chi connectivity index (χ0v) is 32.9. The number of imide groups is 2. The van der Waals surface area contributed by atoms with E-state index in [-0.39, 0.29) is 41.7 Å². The number of amides is 4. The van der Waals surface area contributed by atoms with E-state index in [1.165, 1.54) is 0 Å². The van der Waals surface area contributed by atoms with Crippen molar-refractivity contribution in [2.75, 3.05) is 40.4 Å². The molecule has 0 radical (unpaired) electrons. The third-order valence-electron chi connectivity index (χ3n) is 11.8. The minimum Gasteiger partial charge on any atom is -0.496 e. The van der Waals surface area contributed by atoms with E-state index < -0.39 is 29.7 Å². The summed E-state index contributed by atoms with van der Waals surface area (Å²) >= 11 is 0. The van der Waals surface area contributed by atoms with E-state index in [9.17, 15) is 24.0 Å². The Balaban J connectivity index is 0.777. The first-order valence-corrected chi connectivity index (χ1v) is 19.6. The number of rotatable bonds is 11. The minimum absolute atomic E-state index is 0.0653. The van der Waals surface area contributed by atoms with Crippen molar-refractivity contribution in [3.8, 4) is 28.4 Å². The number of piperidine rings is 2. The van der Waals surface area contributed by atoms with E-state index in [1.807, 2.05) is 35.3 Å². The van der Waals surface area contributed by atoms with Crippen LogP contribution in [0.25, 0.3) is 21.9 Å². The van der Waals surface area contributed by atoms with Crippen LogP contribution in [0.3, 0.4) is 0 Å². The second kappa shape index (κ2) is 15.4. The SMILES string of the molecule is COc1cc(-c2cn(C)c(=O)c3cnccc23)cc(OC)c1CN1CCC(n2cc(CN3CC(Oc4ccc5c(c4)C(=O)N(C4CCC(=O)NC4=O)C5=O)C3)nn2)CC1. The highest BCUT2D eigenvalue weighted by Gasteiger charge is 2.45. The molecule has 7 heterocycles. The van der Waals surface area contributed by atoms with Gasteiger partial charge in [0.15, 0.2) is 0 Å². The first kappa shape index (κ1) is 38.1. The number of carbonyl (C=O) groups excluding carboxylic acids is 4. The van der Waals surface area contributed by atoms with Crippen molar-refractivity contribution < 1.29 is 33.4 Å². The Kier molecular flexibility index (Phi) is 9.92. The molecule has 1 unspecified atom stereocenters. The maximum Gasteiger partial charge on any atom is 0.262 e. The van der Waals surface area contributed by atoms with Crippen LogP contribution in [-0.4, -0.2) is 115 Å². The average molecular weight is 802 g/mol. The van der Waals surface area contributed by atoms with E-state index in [4.69, 9.17) is 14.2 Å². The van der Waals surface area contributed by atoms with Gasteiger partial charge in [-0.1, -0.05) is 5.21 Å². The van der Waals surface area contributed by atoms with E-state index in [2.05, 4.69) is 30.4 Å². The molecular formula is C42H43N9O8. The predicted octanol–water partition coefficient (Wildman–Crippen LogP) is 2.71. The van der Waals surface area contributed by atoms with Crippen LogP contribution in [0.1, 0.15) is 63.7 Å². The van der Waals surface area contributed by atoms with Gasteiger partial charge >= 0.3 is 0 Å². The Bertz CT molecular complexity index is 2550. The van der Waals surface area contributed by atoms with Gasteiger partial charge in [0.25, 0.3) is 17.4 Å². The Morgan fingerprint density at radius 1 is 0.814 bits per heavy atom. The molecule has 4 aliphatic heterocycles. The Hall–Kier alpha value is -6.46. The fourth-order valence-corrected chi connectivity index (χ4v) is 8.64. The molecule has 4 amide bonds. The summed E-state index contributed by atoms with van der Waals surface area (Å²) in [4.78, 5) is 72.7. The summed E-state index contributed by atoms with van der Waals surface area (Å²) in [6.07, 6.45) is 9.03. The van der Waals surface area contributed by atoms with Gasteiger partial charge in [-0.05, 0) is 66.6 Å². The average Bonchev–Trinajstić information content (AvgIpc) is 3.80. The van der Waals surface area contributed by atoms with Crippen molar-refractivity contribution in [3.63, 3.8) is 0 Å². The van der Waals surface area contributed by atoms with Gasteiger partial charge in [-0.25, -0.2) is 4.68 Å². The molecule has 0 aliphatic carbocycles. The van der Waals surface area contributed by atoms with Crippen molar-refractivity contribution in [3.05, 3.63) is 93.9 Å². The number of aromatic nitrogens is 5. The van der Waals surface area contributed by atoms with Crippen molar-refractivity contribution in [2.45, 2.75) is 57.0 Å². The third-order valence-corrected chi connectivity index (χ3v) is 11.8. The maximum absolute atomic E-state index is 13.2. The lowest BCUT2D eigenvalue weighted by molar-refractivity contribution is -0.136. The monoisotopic (exact) mass is 801 g/mol. The number of likely N-dealkylation sites (tertiary alicyclic amines) is 2. The number of pyridine rings is 2. The molecule has 4 aliphatic rings. The molecule has 0 bridgehead atoms. The summed E-state index contributed by atoms with van der Waals surface area (Å²) in [5, 5.41) is 12.5. The van der Waals surface area contributed by atoms with Crippen LogP contribution in [0.2, 0.25) is 0 Å². The predicted molar refractivity (Wildman–Crippen MR) is 212 cm³/mol. The lowest BCUT2D eigenvalue weighted by atomic mass is 9.98. The van der Waals surface area contributed by atoms with Gasteiger partial charge in [0.2, 0.25) is 11.8 Å². The molecule has 304 valence electrons. The Labute approximate surface area is 338 Å². The molecule has 17 heteroatoms. The molecule has 3 aromatic heterocycles. The zero-order valence-electron chi connectivity index (χ0n) is 32.9. The van der Waals surface area contributed by atoms with Crippen molar-refractivity contribution in [2.24, 2.45) is 7.05 Å². The summed E-state index contributed by atoms with van der Waals surface area (Å²) in [5.41, 5.74) is 3.91. The van der Waals surface area contributed by atoms with Crippen LogP contribution in [0.15, 0.2) is 66.0 Å². The van der Waals surface area contributed by atoms with Gasteiger partial charge in [-0.3, -0.25) is 49.0 Å². The van der Waals surface area contributed by atoms with E-state index >= 15 is 0 Å². The van der Waals surface area contributed by atoms with Crippen LogP contribution in [0.4, 0.5) is 0 Å². The van der Waals surface area contributed by atoms with Crippen molar-refractivity contribution in [1.82, 2.24) is 44.6 Å². The van der Waals surface area contributed by atoms with Crippen LogP contribution in [-0.2, 0) is 29.7 Å². The quantitative estimate of drug-likeness (QED) is 0.193. The standard InChI is InChI=1S/C42H43N9O8/c1-47-22-33(29-8-11-43-17-32(29)40(47)54)24-14-36(57-2)34(37(15-24)58-3)23-48-12-9-26(10-13-48)50-19-25(45-46-50)18-49-20-28(21-49)59-27-4-5-30-31(16-27)42(56)51(41(30)55)35-6-7-38(52)44-39(35)53/h4-5,8,11,14-17,19,22,26,28,35H,6-7,9-10,12-13,18,20-21,23H2,1-3H3,(H,44,52,53). The van der Waals surface area contributed by atoms with E-state index in [0.717, 1.165) is 58.6 Å². The number of benzene rings is 2. The summed E-state index contributed by atoms with van der Waals surface area (Å²) in [6, 6.07) is 9.85. The molecule has 1 N–H and O–H groups in total. The smallest absolute Gasteiger partial charge is 0.262 e. The number of nitrogens with one attached hydrogen (secondary N) is 1. The van der Waals surface area contributed by atoms with Gasteiger partial charge in [-0.15, -0.1) is 5.10 Å². The van der Waals surface area contributed by atoms with Gasteiger partial charge in [0.1, 0.15) is 29.4 Å². The van der Waals surface area contributed by atoms with Crippen LogP contribution >= 0.6 is 0 Å². The second-order valence-corrected chi connectivity index (χ2v) is 15.5. The number of nitrogens with zero attached hydrogens (tertiary/aromatic N) is 8. The number of hydrogen-bond donors (Lipinski definition) is 1. The summed E-state index contributed by atoms with van der Waals surface area (Å²) in [6.45, 7) is 4.30.